The molecule has 0 saturated heterocycles. The monoisotopic (exact) mass is 646 g/mol. The van der Waals surface area contributed by atoms with Crippen LogP contribution < -0.4 is 10.1 Å². The molecule has 8 heteroatoms. The lowest BCUT2D eigenvalue weighted by Gasteiger charge is -2.32. The molecule has 0 spiro atoms. The fourth-order valence-corrected chi connectivity index (χ4v) is 4.95. The molecule has 1 N–H and O–H groups in total. The highest BCUT2D eigenvalue weighted by atomic mass is 79.9. The van der Waals surface area contributed by atoms with Crippen LogP contribution in [0.3, 0.4) is 0 Å². The summed E-state index contributed by atoms with van der Waals surface area (Å²) >= 11 is 16.0. The van der Waals surface area contributed by atoms with Gasteiger partial charge in [-0.3, -0.25) is 9.59 Å². The van der Waals surface area contributed by atoms with Crippen molar-refractivity contribution < 1.29 is 14.3 Å². The predicted molar refractivity (Wildman–Crippen MR) is 167 cm³/mol. The molecule has 2 atom stereocenters. The molecule has 3 aromatic rings. The topological polar surface area (TPSA) is 58.6 Å². The van der Waals surface area contributed by atoms with Crippen LogP contribution in [-0.2, 0) is 28.0 Å². The molecule has 0 saturated carbocycles. The van der Waals surface area contributed by atoms with E-state index in [2.05, 4.69) is 42.0 Å². The Morgan fingerprint density at radius 2 is 1.68 bits per heavy atom. The van der Waals surface area contributed by atoms with Crippen LogP contribution in [0.1, 0.15) is 57.7 Å². The van der Waals surface area contributed by atoms with Gasteiger partial charge in [0.15, 0.2) is 6.61 Å². The maximum Gasteiger partial charge on any atom is 0.261 e. The van der Waals surface area contributed by atoms with E-state index in [1.165, 1.54) is 0 Å². The highest BCUT2D eigenvalue weighted by molar-refractivity contribution is 9.10. The molecule has 2 amide bonds. The van der Waals surface area contributed by atoms with Crippen LogP contribution in [0.2, 0.25) is 10.0 Å². The Kier molecular flexibility index (Phi) is 11.5. The summed E-state index contributed by atoms with van der Waals surface area (Å²) in [4.78, 5) is 29.1. The molecule has 0 bridgehead atoms. The van der Waals surface area contributed by atoms with Gasteiger partial charge in [-0.05, 0) is 75.6 Å². The largest absolute Gasteiger partial charge is 0.483 e. The number of benzene rings is 3. The standard InChI is InChI=1S/C32H37BrCl2N2O3/c1-6-21(2)36-31(39)28(17-22-10-8-7-9-11-22)37(19-23-12-14-26(34)27(35)16-23)30(38)20-40-29-15-13-24(18-25(29)33)32(3,4)5/h7-16,18,21,28H,6,17,19-20H2,1-5H3,(H,36,39)/t21-,28+/m1/s1. The van der Waals surface area contributed by atoms with Crippen LogP contribution in [-0.4, -0.2) is 35.4 Å². The smallest absolute Gasteiger partial charge is 0.261 e. The number of ether oxygens (including phenoxy) is 1. The van der Waals surface area contributed by atoms with E-state index in [9.17, 15) is 9.59 Å². The average Bonchev–Trinajstić information content (AvgIpc) is 2.91. The number of halogens is 3. The first kappa shape index (κ1) is 32.0. The summed E-state index contributed by atoms with van der Waals surface area (Å²) in [6.07, 6.45) is 1.12. The number of nitrogens with one attached hydrogen (secondary N) is 1. The number of hydrogen-bond acceptors (Lipinski definition) is 3. The van der Waals surface area contributed by atoms with Gasteiger partial charge >= 0.3 is 0 Å². The van der Waals surface area contributed by atoms with Crippen LogP contribution in [0.25, 0.3) is 0 Å². The highest BCUT2D eigenvalue weighted by Gasteiger charge is 2.31. The first-order valence-electron chi connectivity index (χ1n) is 13.4. The first-order valence-corrected chi connectivity index (χ1v) is 14.9. The van der Waals surface area contributed by atoms with E-state index in [0.29, 0.717) is 22.2 Å². The predicted octanol–water partition coefficient (Wildman–Crippen LogP) is 7.99. The average molecular weight is 648 g/mol. The molecule has 0 heterocycles. The minimum atomic E-state index is -0.770. The molecule has 0 aromatic heterocycles. The van der Waals surface area contributed by atoms with Gasteiger partial charge in [-0.1, -0.05) is 93.4 Å². The molecule has 0 aliphatic rings. The third kappa shape index (κ3) is 8.98. The summed E-state index contributed by atoms with van der Waals surface area (Å²) in [6, 6.07) is 19.9. The zero-order valence-corrected chi connectivity index (χ0v) is 26.7. The molecule has 0 aliphatic carbocycles. The SMILES string of the molecule is CC[C@@H](C)NC(=O)[C@H](Cc1ccccc1)N(Cc1ccc(Cl)c(Cl)c1)C(=O)COc1ccc(C(C)(C)C)cc1Br. The van der Waals surface area contributed by atoms with Crippen molar-refractivity contribution in [1.82, 2.24) is 10.2 Å². The van der Waals surface area contributed by atoms with E-state index < -0.39 is 6.04 Å². The van der Waals surface area contributed by atoms with Gasteiger partial charge in [0, 0.05) is 19.0 Å². The van der Waals surface area contributed by atoms with Gasteiger partial charge in [-0.2, -0.15) is 0 Å². The lowest BCUT2D eigenvalue weighted by molar-refractivity contribution is -0.143. The Bertz CT molecular complexity index is 1310. The second kappa shape index (κ2) is 14.4. The van der Waals surface area contributed by atoms with Crippen LogP contribution >= 0.6 is 39.1 Å². The van der Waals surface area contributed by atoms with Gasteiger partial charge in [0.25, 0.3) is 5.91 Å². The summed E-state index contributed by atoms with van der Waals surface area (Å²) in [6.45, 7) is 10.3. The second-order valence-electron chi connectivity index (χ2n) is 11.0. The van der Waals surface area contributed by atoms with Crippen LogP contribution in [0.15, 0.2) is 71.2 Å². The third-order valence-electron chi connectivity index (χ3n) is 6.76. The summed E-state index contributed by atoms with van der Waals surface area (Å²) < 4.78 is 6.76. The number of carbonyl (C=O) groups excluding carboxylic acids is 2. The number of carbonyl (C=O) groups is 2. The van der Waals surface area contributed by atoms with E-state index in [-0.39, 0.29) is 36.4 Å². The van der Waals surface area contributed by atoms with Gasteiger partial charge in [-0.15, -0.1) is 0 Å². The summed E-state index contributed by atoms with van der Waals surface area (Å²) in [7, 11) is 0. The molecule has 3 aromatic carbocycles. The van der Waals surface area contributed by atoms with Gasteiger partial charge in [0.1, 0.15) is 11.8 Å². The normalized spacial score (nSPS) is 12.9. The third-order valence-corrected chi connectivity index (χ3v) is 8.12. The van der Waals surface area contributed by atoms with Crippen LogP contribution in [0.5, 0.6) is 5.75 Å². The van der Waals surface area contributed by atoms with Crippen LogP contribution in [0, 0.1) is 0 Å². The quantitative estimate of drug-likeness (QED) is 0.230. The van der Waals surface area contributed by atoms with Crippen molar-refractivity contribution in [2.75, 3.05) is 6.61 Å². The second-order valence-corrected chi connectivity index (χ2v) is 12.6. The minimum Gasteiger partial charge on any atom is -0.483 e. The van der Waals surface area contributed by atoms with Crippen molar-refractivity contribution in [3.8, 4) is 5.75 Å². The Labute approximate surface area is 256 Å². The van der Waals surface area contributed by atoms with Crippen molar-refractivity contribution in [1.29, 1.82) is 0 Å². The maximum atomic E-state index is 13.8. The lowest BCUT2D eigenvalue weighted by Crippen LogP contribution is -2.53. The van der Waals surface area contributed by atoms with Crippen molar-refractivity contribution in [3.63, 3.8) is 0 Å². The molecule has 0 radical (unpaired) electrons. The molecule has 0 fully saturated rings. The zero-order chi connectivity index (χ0) is 29.4. The van der Waals surface area contributed by atoms with Gasteiger partial charge in [0.05, 0.1) is 14.5 Å². The fraction of sp³-hybridized carbons (Fsp3) is 0.375. The van der Waals surface area contributed by atoms with Crippen molar-refractivity contribution in [3.05, 3.63) is 97.9 Å². The van der Waals surface area contributed by atoms with Crippen LogP contribution in [0.4, 0.5) is 0 Å². The Hall–Kier alpha value is -2.54. The van der Waals surface area contributed by atoms with E-state index in [4.69, 9.17) is 27.9 Å². The van der Waals surface area contributed by atoms with E-state index in [1.807, 2.05) is 68.4 Å². The van der Waals surface area contributed by atoms with Gasteiger partial charge in [0.2, 0.25) is 5.91 Å². The molecule has 5 nitrogen and oxygen atoms in total. The van der Waals surface area contributed by atoms with E-state index >= 15 is 0 Å². The summed E-state index contributed by atoms with van der Waals surface area (Å²) in [5, 5.41) is 3.87. The molecule has 0 aliphatic heterocycles. The molecule has 214 valence electrons. The molecule has 40 heavy (non-hydrogen) atoms. The Morgan fingerprint density at radius 3 is 2.27 bits per heavy atom. The van der Waals surface area contributed by atoms with E-state index in [0.717, 1.165) is 27.6 Å². The van der Waals surface area contributed by atoms with Gasteiger partial charge in [-0.25, -0.2) is 0 Å². The minimum absolute atomic E-state index is 0.0266. The van der Waals surface area contributed by atoms with Crippen molar-refractivity contribution >= 4 is 50.9 Å². The molecular weight excluding hydrogens is 611 g/mol. The maximum absolute atomic E-state index is 13.8. The molecule has 0 unspecified atom stereocenters. The number of hydrogen-bond donors (Lipinski definition) is 1. The fourth-order valence-electron chi connectivity index (χ4n) is 4.14. The zero-order valence-electron chi connectivity index (χ0n) is 23.6. The number of nitrogens with zero attached hydrogens (tertiary/aromatic N) is 1. The summed E-state index contributed by atoms with van der Waals surface area (Å²) in [5.41, 5.74) is 2.82. The summed E-state index contributed by atoms with van der Waals surface area (Å²) in [5.74, 6) is 0.0138. The highest BCUT2D eigenvalue weighted by Crippen LogP contribution is 2.32. The lowest BCUT2D eigenvalue weighted by atomic mass is 9.87. The van der Waals surface area contributed by atoms with Gasteiger partial charge < -0.3 is 15.0 Å². The number of amides is 2. The Balaban J connectivity index is 1.94. The molecular formula is C32H37BrCl2N2O3. The molecule has 3 rings (SSSR count). The van der Waals surface area contributed by atoms with Crippen molar-refractivity contribution in [2.45, 2.75) is 71.5 Å². The van der Waals surface area contributed by atoms with E-state index in [1.54, 1.807) is 17.0 Å². The number of rotatable bonds is 11. The Morgan fingerprint density at radius 1 is 0.975 bits per heavy atom. The van der Waals surface area contributed by atoms with Crippen molar-refractivity contribution in [2.24, 2.45) is 0 Å². The first-order chi connectivity index (χ1) is 18.9.